The van der Waals surface area contributed by atoms with Crippen molar-refractivity contribution in [3.8, 4) is 0 Å². The third-order valence-electron chi connectivity index (χ3n) is 4.14. The third-order valence-corrected chi connectivity index (χ3v) is 5.84. The van der Waals surface area contributed by atoms with Crippen LogP contribution in [0, 0.1) is 13.8 Å². The van der Waals surface area contributed by atoms with Crippen LogP contribution in [0.1, 0.15) is 24.7 Å². The van der Waals surface area contributed by atoms with E-state index in [1.54, 1.807) is 6.07 Å². The van der Waals surface area contributed by atoms with E-state index in [9.17, 15) is 4.21 Å². The highest BCUT2D eigenvalue weighted by Crippen LogP contribution is 2.21. The zero-order valence-corrected chi connectivity index (χ0v) is 15.5. The lowest BCUT2D eigenvalue weighted by molar-refractivity contribution is 0.677. The first-order chi connectivity index (χ1) is 11.5. The molecule has 1 aliphatic rings. The van der Waals surface area contributed by atoms with Gasteiger partial charge in [-0.05, 0) is 50.6 Å². The second-order valence-electron chi connectivity index (χ2n) is 5.67. The molecule has 24 heavy (non-hydrogen) atoms. The number of hydrogen-bond donors (Lipinski definition) is 1. The predicted octanol–water partition coefficient (Wildman–Crippen LogP) is 2.33. The van der Waals surface area contributed by atoms with Gasteiger partial charge in [0.1, 0.15) is 16.8 Å². The molecule has 0 saturated carbocycles. The van der Waals surface area contributed by atoms with Gasteiger partial charge in [-0.2, -0.15) is 0 Å². The van der Waals surface area contributed by atoms with Gasteiger partial charge in [0.05, 0.1) is 15.6 Å². The van der Waals surface area contributed by atoms with Gasteiger partial charge in [0.15, 0.2) is 0 Å². The van der Waals surface area contributed by atoms with Crippen molar-refractivity contribution in [2.24, 2.45) is 0 Å². The van der Waals surface area contributed by atoms with Gasteiger partial charge in [0.2, 0.25) is 0 Å². The minimum atomic E-state index is -1.35. The van der Waals surface area contributed by atoms with Gasteiger partial charge in [-0.25, -0.2) is 9.19 Å². The highest BCUT2D eigenvalue weighted by atomic mass is 35.5. The Labute approximate surface area is 149 Å². The lowest BCUT2D eigenvalue weighted by atomic mass is 10.2. The molecule has 0 saturated heterocycles. The Morgan fingerprint density at radius 1 is 1.33 bits per heavy atom. The Morgan fingerprint density at radius 2 is 2.12 bits per heavy atom. The van der Waals surface area contributed by atoms with Crippen LogP contribution in [0.4, 0.5) is 0 Å². The number of nitrogens with one attached hydrogen (secondary N) is 1. The van der Waals surface area contributed by atoms with Gasteiger partial charge >= 0.3 is 0 Å². The largest absolute Gasteiger partial charge is 0.329 e. The first-order valence-corrected chi connectivity index (χ1v) is 9.41. The van der Waals surface area contributed by atoms with E-state index in [4.69, 9.17) is 11.6 Å². The first kappa shape index (κ1) is 17.0. The van der Waals surface area contributed by atoms with Crippen LogP contribution in [0.3, 0.4) is 0 Å². The molecule has 0 spiro atoms. The van der Waals surface area contributed by atoms with Crippen molar-refractivity contribution >= 4 is 34.7 Å². The van der Waals surface area contributed by atoms with Crippen molar-refractivity contribution < 1.29 is 4.21 Å². The average molecular weight is 362 g/mol. The monoisotopic (exact) mass is 361 g/mol. The molecule has 1 heterocycles. The smallest absolute Gasteiger partial charge is 0.150 e. The van der Waals surface area contributed by atoms with Crippen LogP contribution < -0.4 is 15.4 Å². The molecule has 0 bridgehead atoms. The predicted molar refractivity (Wildman–Crippen MR) is 99.3 cm³/mol. The van der Waals surface area contributed by atoms with Crippen molar-refractivity contribution in [2.75, 3.05) is 0 Å². The van der Waals surface area contributed by atoms with Crippen molar-refractivity contribution in [3.63, 3.8) is 0 Å². The van der Waals surface area contributed by atoms with Crippen molar-refractivity contribution in [1.82, 2.24) is 14.3 Å². The number of aryl methyl sites for hydroxylation is 1. The molecule has 2 aromatic rings. The summed E-state index contributed by atoms with van der Waals surface area (Å²) in [6.07, 6.45) is 6.74. The van der Waals surface area contributed by atoms with Gasteiger partial charge in [0.25, 0.3) is 0 Å². The van der Waals surface area contributed by atoms with E-state index in [-0.39, 0.29) is 0 Å². The summed E-state index contributed by atoms with van der Waals surface area (Å²) in [5.41, 5.74) is 1.73. The Balaban J connectivity index is 1.89. The summed E-state index contributed by atoms with van der Waals surface area (Å²) in [5.74, 6) is 1.01. The van der Waals surface area contributed by atoms with Gasteiger partial charge < -0.3 is 9.29 Å². The molecule has 0 fully saturated rings. The summed E-state index contributed by atoms with van der Waals surface area (Å²) >= 11 is 6.12. The molecule has 0 radical (unpaired) electrons. The number of imidazole rings is 1. The molecule has 4 nitrogen and oxygen atoms in total. The summed E-state index contributed by atoms with van der Waals surface area (Å²) in [5, 5.41) is 2.70. The Morgan fingerprint density at radius 3 is 2.88 bits per heavy atom. The molecule has 3 rings (SSSR count). The lowest BCUT2D eigenvalue weighted by Gasteiger charge is -2.11. The van der Waals surface area contributed by atoms with Gasteiger partial charge in [-0.3, -0.25) is 0 Å². The second-order valence-corrected chi connectivity index (χ2v) is 7.26. The molecule has 126 valence electrons. The fourth-order valence-corrected chi connectivity index (χ4v) is 4.14. The number of halogens is 1. The van der Waals surface area contributed by atoms with Crippen LogP contribution in [0.15, 0.2) is 34.9 Å². The Bertz CT molecular complexity index is 959. The van der Waals surface area contributed by atoms with E-state index in [2.05, 4.69) is 27.3 Å². The molecule has 0 amide bonds. The maximum atomic E-state index is 12.6. The molecule has 0 aliphatic heterocycles. The van der Waals surface area contributed by atoms with Gasteiger partial charge in [0, 0.05) is 23.7 Å². The van der Waals surface area contributed by atoms with Crippen LogP contribution in [0.2, 0.25) is 5.02 Å². The summed E-state index contributed by atoms with van der Waals surface area (Å²) in [6, 6.07) is 5.45. The number of allylic oxidation sites excluding steroid dienone is 2. The van der Waals surface area contributed by atoms with Crippen LogP contribution >= 0.6 is 11.6 Å². The maximum absolute atomic E-state index is 12.6. The lowest BCUT2D eigenvalue weighted by Crippen LogP contribution is -2.29. The maximum Gasteiger partial charge on any atom is 0.150 e. The molecular weight excluding hydrogens is 342 g/mol. The summed E-state index contributed by atoms with van der Waals surface area (Å²) in [4.78, 5) is 5.31. The molecule has 1 unspecified atom stereocenters. The fourth-order valence-electron chi connectivity index (χ4n) is 2.82. The number of hydrogen-bond acceptors (Lipinski definition) is 2. The normalized spacial score (nSPS) is 14.8. The molecule has 1 aromatic heterocycles. The number of aromatic nitrogens is 2. The minimum absolute atomic E-state index is 0.625. The van der Waals surface area contributed by atoms with Crippen LogP contribution in [-0.4, -0.2) is 13.8 Å². The van der Waals surface area contributed by atoms with Crippen LogP contribution in [0.5, 0.6) is 0 Å². The van der Waals surface area contributed by atoms with Crippen molar-refractivity contribution in [2.45, 2.75) is 38.6 Å². The summed E-state index contributed by atoms with van der Waals surface area (Å²) in [6.45, 7) is 6.87. The second kappa shape index (κ2) is 6.95. The summed E-state index contributed by atoms with van der Waals surface area (Å²) < 4.78 is 17.9. The quantitative estimate of drug-likeness (QED) is 0.908. The Kier molecular flexibility index (Phi) is 4.92. The van der Waals surface area contributed by atoms with Crippen LogP contribution in [-0.2, 0) is 17.5 Å². The van der Waals surface area contributed by atoms with E-state index < -0.39 is 11.0 Å². The topological polar surface area (TPSA) is 46.9 Å². The third kappa shape index (κ3) is 3.19. The molecule has 1 atom stereocenters. The van der Waals surface area contributed by atoms with Gasteiger partial charge in [-0.1, -0.05) is 23.7 Å². The standard InChI is InChI=1S/C18H20ClN3OS/c1-4-22-13(3)20-16-10-8-14(9-11-17(16)22)21-24(23)18-7-5-6-15(19)12(18)2/h5-7,9-11,21H,4,8H2,1-3H3. The van der Waals surface area contributed by atoms with Crippen molar-refractivity contribution in [1.29, 1.82) is 0 Å². The van der Waals surface area contributed by atoms with E-state index in [0.29, 0.717) is 16.3 Å². The number of nitrogens with zero attached hydrogens (tertiary/aromatic N) is 2. The van der Waals surface area contributed by atoms with E-state index >= 15 is 0 Å². The molecule has 1 N–H and O–H groups in total. The number of benzene rings is 1. The molecule has 1 aliphatic carbocycles. The van der Waals surface area contributed by atoms with E-state index in [1.165, 1.54) is 0 Å². The SMILES string of the molecule is CCn1c(C)nc2c1=CC=C(NS(=O)c1cccc(Cl)c1C)CC=2. The zero-order valence-electron chi connectivity index (χ0n) is 14.0. The van der Waals surface area contributed by atoms with Gasteiger partial charge in [-0.15, -0.1) is 0 Å². The fraction of sp³-hybridized carbons (Fsp3) is 0.278. The highest BCUT2D eigenvalue weighted by molar-refractivity contribution is 7.83. The molecule has 1 aromatic carbocycles. The van der Waals surface area contributed by atoms with E-state index in [1.807, 2.05) is 38.1 Å². The Hall–Kier alpha value is -1.85. The zero-order chi connectivity index (χ0) is 17.3. The molecule has 6 heteroatoms. The number of fused-ring (bicyclic) bond motifs is 1. The minimum Gasteiger partial charge on any atom is -0.329 e. The first-order valence-electron chi connectivity index (χ1n) is 7.89. The average Bonchev–Trinajstić information content (AvgIpc) is 2.74. The summed E-state index contributed by atoms with van der Waals surface area (Å²) in [7, 11) is -1.35. The number of rotatable bonds is 4. The molecular formula is C18H20ClN3OS. The van der Waals surface area contributed by atoms with Crippen molar-refractivity contribution in [3.05, 3.63) is 57.1 Å². The van der Waals surface area contributed by atoms with Crippen LogP contribution in [0.25, 0.3) is 12.2 Å². The van der Waals surface area contributed by atoms with E-state index in [0.717, 1.165) is 34.3 Å². The highest BCUT2D eigenvalue weighted by Gasteiger charge is 2.11.